The number of hydrogen-bond acceptors (Lipinski definition) is 3. The molecule has 1 aromatic carbocycles. The molecule has 17 heavy (non-hydrogen) atoms. The highest BCUT2D eigenvalue weighted by atomic mass is 16.1. The fourth-order valence-electron chi connectivity index (χ4n) is 1.99. The average Bonchev–Trinajstić information content (AvgIpc) is 2.33. The molecular weight excluding hydrogens is 214 g/mol. The van der Waals surface area contributed by atoms with E-state index in [-0.39, 0.29) is 11.8 Å². The van der Waals surface area contributed by atoms with Gasteiger partial charge in [-0.25, -0.2) is 0 Å². The molecule has 1 aromatic rings. The largest absolute Gasteiger partial charge is 0.325 e. The maximum atomic E-state index is 12.0. The van der Waals surface area contributed by atoms with E-state index in [4.69, 9.17) is 5.41 Å². The Bertz CT molecular complexity index is 416. The van der Waals surface area contributed by atoms with Gasteiger partial charge in [-0.1, -0.05) is 18.2 Å². The van der Waals surface area contributed by atoms with E-state index in [1.54, 1.807) is 0 Å². The molecule has 90 valence electrons. The van der Waals surface area contributed by atoms with Gasteiger partial charge in [0.1, 0.15) is 0 Å². The predicted molar refractivity (Wildman–Crippen MR) is 68.4 cm³/mol. The predicted octanol–water partition coefficient (Wildman–Crippen LogP) is 1.60. The van der Waals surface area contributed by atoms with Crippen molar-refractivity contribution in [3.8, 4) is 0 Å². The van der Waals surface area contributed by atoms with Crippen LogP contribution in [0.1, 0.15) is 6.42 Å². The molecule has 1 aliphatic heterocycles. The van der Waals surface area contributed by atoms with E-state index >= 15 is 0 Å². The number of hydrogen-bond donors (Lipinski definition) is 2. The Labute approximate surface area is 101 Å². The third-order valence-electron chi connectivity index (χ3n) is 3.04. The van der Waals surface area contributed by atoms with Crippen LogP contribution in [0.4, 0.5) is 5.69 Å². The molecule has 0 aliphatic carbocycles. The van der Waals surface area contributed by atoms with Crippen molar-refractivity contribution in [3.05, 3.63) is 30.3 Å². The molecule has 2 N–H and O–H groups in total. The maximum Gasteiger partial charge on any atom is 0.234 e. The van der Waals surface area contributed by atoms with Gasteiger partial charge in [0.2, 0.25) is 5.91 Å². The molecule has 0 radical (unpaired) electrons. The minimum absolute atomic E-state index is 0.0762. The summed E-state index contributed by atoms with van der Waals surface area (Å²) in [6.45, 7) is 1.51. The Morgan fingerprint density at radius 2 is 2.12 bits per heavy atom. The molecule has 1 atom stereocenters. The molecular formula is C13H17N3O. The zero-order valence-corrected chi connectivity index (χ0v) is 9.94. The molecule has 1 heterocycles. The van der Waals surface area contributed by atoms with Gasteiger partial charge in [0.25, 0.3) is 0 Å². The minimum atomic E-state index is -0.311. The van der Waals surface area contributed by atoms with E-state index in [9.17, 15) is 4.79 Å². The Morgan fingerprint density at radius 1 is 1.41 bits per heavy atom. The summed E-state index contributed by atoms with van der Waals surface area (Å²) in [5.74, 6) is -0.387. The molecule has 4 nitrogen and oxygen atoms in total. The fraction of sp³-hybridized carbons (Fsp3) is 0.385. The number of rotatable bonds is 2. The summed E-state index contributed by atoms with van der Waals surface area (Å²) in [5, 5.41) is 10.7. The average molecular weight is 231 g/mol. The zero-order valence-electron chi connectivity index (χ0n) is 9.94. The molecule has 0 bridgehead atoms. The van der Waals surface area contributed by atoms with Crippen LogP contribution in [-0.4, -0.2) is 36.7 Å². The van der Waals surface area contributed by atoms with Gasteiger partial charge >= 0.3 is 0 Å². The van der Waals surface area contributed by atoms with Crippen molar-refractivity contribution >= 4 is 17.3 Å². The van der Waals surface area contributed by atoms with E-state index in [1.165, 1.54) is 0 Å². The summed E-state index contributed by atoms with van der Waals surface area (Å²) in [7, 11) is 1.98. The summed E-state index contributed by atoms with van der Waals surface area (Å²) in [4.78, 5) is 14.1. The SMILES string of the molecule is CN1CCC(=N)[C@@H](C(=O)Nc2ccccc2)C1. The molecule has 1 aliphatic rings. The second-order valence-corrected chi connectivity index (χ2v) is 4.45. The number of nitrogens with zero attached hydrogens (tertiary/aromatic N) is 1. The van der Waals surface area contributed by atoms with Crippen molar-refractivity contribution in [2.45, 2.75) is 6.42 Å². The Balaban J connectivity index is 2.02. The summed E-state index contributed by atoms with van der Waals surface area (Å²) in [6, 6.07) is 9.38. The number of benzene rings is 1. The van der Waals surface area contributed by atoms with Crippen LogP contribution in [0.3, 0.4) is 0 Å². The number of amides is 1. The van der Waals surface area contributed by atoms with Gasteiger partial charge in [-0.05, 0) is 25.6 Å². The molecule has 1 saturated heterocycles. The van der Waals surface area contributed by atoms with Crippen LogP contribution in [0.25, 0.3) is 0 Å². The first kappa shape index (κ1) is 11.8. The van der Waals surface area contributed by atoms with Crippen LogP contribution in [0.5, 0.6) is 0 Å². The van der Waals surface area contributed by atoms with Crippen LogP contribution in [-0.2, 0) is 4.79 Å². The second kappa shape index (κ2) is 5.10. The van der Waals surface area contributed by atoms with E-state index in [1.807, 2.05) is 37.4 Å². The van der Waals surface area contributed by atoms with E-state index in [0.717, 1.165) is 12.2 Å². The topological polar surface area (TPSA) is 56.2 Å². The van der Waals surface area contributed by atoms with Crippen molar-refractivity contribution in [1.29, 1.82) is 5.41 Å². The second-order valence-electron chi connectivity index (χ2n) is 4.45. The van der Waals surface area contributed by atoms with Crippen LogP contribution in [0.15, 0.2) is 30.3 Å². The first-order valence-corrected chi connectivity index (χ1v) is 5.78. The lowest BCUT2D eigenvalue weighted by Crippen LogP contribution is -2.44. The number of anilines is 1. The van der Waals surface area contributed by atoms with Crippen molar-refractivity contribution in [3.63, 3.8) is 0 Å². The smallest absolute Gasteiger partial charge is 0.234 e. The maximum absolute atomic E-state index is 12.0. The first-order chi connectivity index (χ1) is 8.16. The number of nitrogens with one attached hydrogen (secondary N) is 2. The molecule has 4 heteroatoms. The number of carbonyl (C=O) groups is 1. The number of para-hydroxylation sites is 1. The fourth-order valence-corrected chi connectivity index (χ4v) is 1.99. The third-order valence-corrected chi connectivity index (χ3v) is 3.04. The van der Waals surface area contributed by atoms with Gasteiger partial charge in [0.15, 0.2) is 0 Å². The summed E-state index contributed by atoms with van der Waals surface area (Å²) in [5.41, 5.74) is 1.33. The van der Waals surface area contributed by atoms with Crippen molar-refractivity contribution in [2.75, 3.05) is 25.5 Å². The number of piperidine rings is 1. The van der Waals surface area contributed by atoms with Crippen LogP contribution < -0.4 is 5.32 Å². The van der Waals surface area contributed by atoms with E-state index < -0.39 is 0 Å². The molecule has 0 aromatic heterocycles. The lowest BCUT2D eigenvalue weighted by atomic mass is 9.95. The van der Waals surface area contributed by atoms with Crippen molar-refractivity contribution in [1.82, 2.24) is 4.90 Å². The van der Waals surface area contributed by atoms with E-state index in [0.29, 0.717) is 18.7 Å². The molecule has 1 amide bonds. The molecule has 0 saturated carbocycles. The highest BCUT2D eigenvalue weighted by Gasteiger charge is 2.28. The molecule has 0 spiro atoms. The van der Waals surface area contributed by atoms with Crippen molar-refractivity contribution < 1.29 is 4.79 Å². The summed E-state index contributed by atoms with van der Waals surface area (Å²) in [6.07, 6.45) is 0.684. The van der Waals surface area contributed by atoms with Gasteiger partial charge in [-0.15, -0.1) is 0 Å². The van der Waals surface area contributed by atoms with Crippen molar-refractivity contribution in [2.24, 2.45) is 5.92 Å². The Hall–Kier alpha value is -1.68. The normalized spacial score (nSPS) is 21.2. The van der Waals surface area contributed by atoms with Gasteiger partial charge in [0, 0.05) is 24.5 Å². The quantitative estimate of drug-likeness (QED) is 0.812. The molecule has 0 unspecified atom stereocenters. The Kier molecular flexibility index (Phi) is 3.54. The van der Waals surface area contributed by atoms with Crippen LogP contribution in [0, 0.1) is 11.3 Å². The number of likely N-dealkylation sites (tertiary alicyclic amines) is 1. The third kappa shape index (κ3) is 2.91. The lowest BCUT2D eigenvalue weighted by molar-refractivity contribution is -0.118. The minimum Gasteiger partial charge on any atom is -0.325 e. The highest BCUT2D eigenvalue weighted by molar-refractivity contribution is 6.08. The lowest BCUT2D eigenvalue weighted by Gasteiger charge is -2.29. The van der Waals surface area contributed by atoms with Gasteiger partial charge < -0.3 is 15.6 Å². The highest BCUT2D eigenvalue weighted by Crippen LogP contribution is 2.15. The van der Waals surface area contributed by atoms with Gasteiger partial charge in [-0.2, -0.15) is 0 Å². The van der Waals surface area contributed by atoms with Gasteiger partial charge in [0.05, 0.1) is 5.92 Å². The van der Waals surface area contributed by atoms with Crippen LogP contribution in [0.2, 0.25) is 0 Å². The number of carbonyl (C=O) groups excluding carboxylic acids is 1. The summed E-state index contributed by atoms with van der Waals surface area (Å²) >= 11 is 0. The summed E-state index contributed by atoms with van der Waals surface area (Å²) < 4.78 is 0. The molecule has 2 rings (SSSR count). The molecule has 1 fully saturated rings. The zero-order chi connectivity index (χ0) is 12.3. The van der Waals surface area contributed by atoms with Crippen LogP contribution >= 0.6 is 0 Å². The van der Waals surface area contributed by atoms with Gasteiger partial charge in [-0.3, -0.25) is 4.79 Å². The Morgan fingerprint density at radius 3 is 2.82 bits per heavy atom. The van der Waals surface area contributed by atoms with E-state index in [2.05, 4.69) is 10.2 Å². The first-order valence-electron chi connectivity index (χ1n) is 5.78. The monoisotopic (exact) mass is 231 g/mol. The standard InChI is InChI=1S/C13H17N3O/c1-16-8-7-12(14)11(9-16)13(17)15-10-5-3-2-4-6-10/h2-6,11,14H,7-9H2,1H3,(H,15,17)/t11-/m0/s1.